The van der Waals surface area contributed by atoms with Gasteiger partial charge in [-0.3, -0.25) is 4.90 Å². The maximum atomic E-state index is 11.2. The summed E-state index contributed by atoms with van der Waals surface area (Å²) in [6.45, 7) is 6.51. The van der Waals surface area contributed by atoms with Crippen LogP contribution >= 0.6 is 0 Å². The van der Waals surface area contributed by atoms with Crippen molar-refractivity contribution in [2.75, 3.05) is 0 Å². The van der Waals surface area contributed by atoms with Crippen LogP contribution in [-0.4, -0.2) is 50.7 Å². The quantitative estimate of drug-likeness (QED) is 0.583. The van der Waals surface area contributed by atoms with Crippen LogP contribution in [-0.2, 0) is 0 Å². The molecule has 4 nitrogen and oxygen atoms in total. The molecule has 0 aromatic carbocycles. The fourth-order valence-corrected chi connectivity index (χ4v) is 10.4. The third kappa shape index (κ3) is 0.903. The van der Waals surface area contributed by atoms with E-state index in [1.807, 2.05) is 0 Å². The molecule has 0 aromatic heterocycles. The SMILES string of the molecule is C=C1C2CC3C45CCC[C@]6(C)C4C4CC3(C(C5N4[C@H]6O)[C@H]2O)[C@@H]1O. The molecule has 3 aliphatic heterocycles. The Morgan fingerprint density at radius 1 is 1.17 bits per heavy atom. The van der Waals surface area contributed by atoms with E-state index in [9.17, 15) is 15.3 Å². The molecule has 24 heavy (non-hydrogen) atoms. The van der Waals surface area contributed by atoms with Crippen molar-refractivity contribution < 1.29 is 15.3 Å². The molecule has 13 atom stereocenters. The largest absolute Gasteiger partial charge is 0.392 e. The van der Waals surface area contributed by atoms with Gasteiger partial charge < -0.3 is 15.3 Å². The van der Waals surface area contributed by atoms with Crippen molar-refractivity contribution in [3.63, 3.8) is 0 Å². The molecule has 3 N–H and O–H groups in total. The molecule has 130 valence electrons. The van der Waals surface area contributed by atoms with Crippen molar-refractivity contribution >= 4 is 0 Å². The first-order valence-electron chi connectivity index (χ1n) is 9.91. The molecule has 9 aliphatic rings. The van der Waals surface area contributed by atoms with Crippen molar-refractivity contribution in [1.82, 2.24) is 4.90 Å². The molecular weight excluding hydrogens is 302 g/mol. The smallest absolute Gasteiger partial charge is 0.113 e. The third-order valence-electron chi connectivity index (χ3n) is 10.6. The Kier molecular flexibility index (Phi) is 1.95. The summed E-state index contributed by atoms with van der Waals surface area (Å²) in [5.41, 5.74) is 0.993. The van der Waals surface area contributed by atoms with Crippen LogP contribution in [0.5, 0.6) is 0 Å². The van der Waals surface area contributed by atoms with E-state index in [0.29, 0.717) is 17.9 Å². The third-order valence-corrected chi connectivity index (χ3v) is 10.6. The molecule has 9 rings (SSSR count). The minimum absolute atomic E-state index is 0.0185. The van der Waals surface area contributed by atoms with Crippen molar-refractivity contribution in [3.8, 4) is 0 Å². The second-order valence-corrected chi connectivity index (χ2v) is 10.5. The zero-order valence-electron chi connectivity index (χ0n) is 14.2. The van der Waals surface area contributed by atoms with Gasteiger partial charge in [0.25, 0.3) is 0 Å². The van der Waals surface area contributed by atoms with Gasteiger partial charge in [0, 0.05) is 34.7 Å². The van der Waals surface area contributed by atoms with Crippen molar-refractivity contribution in [1.29, 1.82) is 0 Å². The predicted octanol–water partition coefficient (Wildman–Crippen LogP) is 1.11. The van der Waals surface area contributed by atoms with E-state index in [-0.39, 0.29) is 46.5 Å². The minimum Gasteiger partial charge on any atom is -0.392 e. The second kappa shape index (κ2) is 3.40. The number of aliphatic hydroxyl groups excluding tert-OH is 3. The van der Waals surface area contributed by atoms with E-state index in [1.54, 1.807) is 0 Å². The fourth-order valence-electron chi connectivity index (χ4n) is 10.4. The van der Waals surface area contributed by atoms with Gasteiger partial charge in [0.2, 0.25) is 0 Å². The predicted molar refractivity (Wildman–Crippen MR) is 86.6 cm³/mol. The number of aliphatic hydroxyl groups is 3. The van der Waals surface area contributed by atoms with Gasteiger partial charge in [0.15, 0.2) is 0 Å². The summed E-state index contributed by atoms with van der Waals surface area (Å²) in [6, 6.07) is 0.699. The number of fused-ring (bicyclic) bond motifs is 1. The lowest BCUT2D eigenvalue weighted by Gasteiger charge is -2.65. The van der Waals surface area contributed by atoms with Gasteiger partial charge in [0.05, 0.1) is 12.2 Å². The van der Waals surface area contributed by atoms with Crippen LogP contribution in [0.25, 0.3) is 0 Å². The maximum absolute atomic E-state index is 11.2. The zero-order chi connectivity index (χ0) is 16.4. The summed E-state index contributed by atoms with van der Waals surface area (Å²) < 4.78 is 0. The topological polar surface area (TPSA) is 63.9 Å². The number of nitrogens with zero attached hydrogens (tertiary/aromatic N) is 1. The molecule has 0 amide bonds. The summed E-state index contributed by atoms with van der Waals surface area (Å²) >= 11 is 0. The highest BCUT2D eigenvalue weighted by atomic mass is 16.3. The van der Waals surface area contributed by atoms with Crippen LogP contribution < -0.4 is 0 Å². The number of hydrogen-bond donors (Lipinski definition) is 3. The summed E-state index contributed by atoms with van der Waals surface area (Å²) in [5.74, 6) is 1.29. The number of piperidine rings is 2. The van der Waals surface area contributed by atoms with Crippen molar-refractivity contribution in [3.05, 3.63) is 12.2 Å². The first kappa shape index (κ1) is 13.7. The van der Waals surface area contributed by atoms with Crippen LogP contribution in [0.4, 0.5) is 0 Å². The standard InChI is InChI=1S/C20H27NO3/c1-8-9-6-11-19-5-3-4-18(2)14(19)10-7-20(11,16(8)23)12(13(9)22)15(19)21(10)17(18)24/h9-17,22-24H,1,3-7H2,2H3/t9?,10?,11?,12?,13-,14?,15?,16+,17-,18+,19?,20?/m0/s1. The fraction of sp³-hybridized carbons (Fsp3) is 0.900. The lowest BCUT2D eigenvalue weighted by atomic mass is 9.40. The van der Waals surface area contributed by atoms with E-state index in [1.165, 1.54) is 12.8 Å². The maximum Gasteiger partial charge on any atom is 0.113 e. The molecule has 3 saturated heterocycles. The molecule has 4 heteroatoms. The molecule has 3 heterocycles. The minimum atomic E-state index is -0.439. The van der Waals surface area contributed by atoms with Gasteiger partial charge in [-0.1, -0.05) is 19.9 Å². The first-order chi connectivity index (χ1) is 11.4. The van der Waals surface area contributed by atoms with Gasteiger partial charge >= 0.3 is 0 Å². The van der Waals surface area contributed by atoms with E-state index >= 15 is 0 Å². The molecular formula is C20H27NO3. The molecule has 9 bridgehead atoms. The van der Waals surface area contributed by atoms with Crippen LogP contribution in [0.15, 0.2) is 12.2 Å². The number of rotatable bonds is 0. The van der Waals surface area contributed by atoms with Gasteiger partial charge in [-0.25, -0.2) is 0 Å². The van der Waals surface area contributed by atoms with Crippen molar-refractivity contribution in [2.45, 2.75) is 69.5 Å². The number of hydrogen-bond acceptors (Lipinski definition) is 4. The highest BCUT2D eigenvalue weighted by Crippen LogP contribution is 2.87. The van der Waals surface area contributed by atoms with E-state index in [0.717, 1.165) is 24.8 Å². The summed E-state index contributed by atoms with van der Waals surface area (Å²) in [6.07, 6.45) is 4.37. The Labute approximate surface area is 142 Å². The summed E-state index contributed by atoms with van der Waals surface area (Å²) in [5, 5.41) is 33.6. The van der Waals surface area contributed by atoms with Crippen LogP contribution in [0.1, 0.15) is 39.0 Å². The Bertz CT molecular complexity index is 709. The van der Waals surface area contributed by atoms with Crippen molar-refractivity contribution in [2.24, 2.45) is 39.9 Å². The Morgan fingerprint density at radius 3 is 2.75 bits per heavy atom. The molecule has 0 radical (unpaired) electrons. The van der Waals surface area contributed by atoms with E-state index < -0.39 is 6.10 Å². The highest BCUT2D eigenvalue weighted by molar-refractivity contribution is 5.44. The van der Waals surface area contributed by atoms with Gasteiger partial charge in [-0.2, -0.15) is 0 Å². The Hall–Kier alpha value is -0.420. The normalized spacial score (nSPS) is 76.1. The van der Waals surface area contributed by atoms with E-state index in [4.69, 9.17) is 0 Å². The van der Waals surface area contributed by atoms with Gasteiger partial charge in [-0.05, 0) is 48.5 Å². The highest BCUT2D eigenvalue weighted by Gasteiger charge is 2.90. The summed E-state index contributed by atoms with van der Waals surface area (Å²) in [4.78, 5) is 2.43. The first-order valence-corrected chi connectivity index (χ1v) is 9.91. The van der Waals surface area contributed by atoms with Crippen LogP contribution in [0.3, 0.4) is 0 Å². The zero-order valence-corrected chi connectivity index (χ0v) is 14.2. The molecule has 9 unspecified atom stereocenters. The molecule has 6 aliphatic carbocycles. The molecule has 9 fully saturated rings. The summed E-state index contributed by atoms with van der Waals surface area (Å²) in [7, 11) is 0. The van der Waals surface area contributed by atoms with Gasteiger partial charge in [0.1, 0.15) is 6.23 Å². The Morgan fingerprint density at radius 2 is 1.96 bits per heavy atom. The van der Waals surface area contributed by atoms with Crippen LogP contribution in [0, 0.1) is 39.9 Å². The average Bonchev–Trinajstić information content (AvgIpc) is 2.94. The molecule has 6 saturated carbocycles. The Balaban J connectivity index is 1.54. The van der Waals surface area contributed by atoms with Gasteiger partial charge in [-0.15, -0.1) is 0 Å². The lowest BCUT2D eigenvalue weighted by molar-refractivity contribution is -0.203. The second-order valence-electron chi connectivity index (χ2n) is 10.5. The lowest BCUT2D eigenvalue weighted by Crippen LogP contribution is -2.68. The average molecular weight is 329 g/mol. The molecule has 2 spiro atoms. The molecule has 0 aromatic rings. The monoisotopic (exact) mass is 329 g/mol. The van der Waals surface area contributed by atoms with E-state index in [2.05, 4.69) is 18.4 Å². The van der Waals surface area contributed by atoms with Crippen LogP contribution in [0.2, 0.25) is 0 Å².